The molecule has 3 N–H and O–H groups in total. The lowest BCUT2D eigenvalue weighted by Crippen LogP contribution is -2.58. The number of carbonyl (C=O) groups excluding carboxylic acids is 3. The Balaban J connectivity index is 1.96. The number of amides is 3. The number of nitrogens with one attached hydrogen (secondary N) is 2. The van der Waals surface area contributed by atoms with E-state index >= 15 is 0 Å². The summed E-state index contributed by atoms with van der Waals surface area (Å²) in [5.74, 6) is -1.64. The van der Waals surface area contributed by atoms with E-state index in [0.29, 0.717) is 32.4 Å². The zero-order chi connectivity index (χ0) is 22.8. The Morgan fingerprint density at radius 1 is 1.19 bits per heavy atom. The minimum absolute atomic E-state index is 0.164. The highest BCUT2D eigenvalue weighted by Crippen LogP contribution is 2.58. The lowest BCUT2D eigenvalue weighted by atomic mass is 9.70. The molecule has 2 bridgehead atoms. The Hall–Kier alpha value is -1.67. The number of rotatable bonds is 11. The second-order valence-corrected chi connectivity index (χ2v) is 9.70. The van der Waals surface area contributed by atoms with Crippen molar-refractivity contribution in [1.82, 2.24) is 15.5 Å². The molecule has 1 spiro atoms. The van der Waals surface area contributed by atoms with Crippen LogP contribution in [0.15, 0.2) is 0 Å². The largest absolute Gasteiger partial charge is 0.394 e. The summed E-state index contributed by atoms with van der Waals surface area (Å²) in [4.78, 5) is 41.7. The highest BCUT2D eigenvalue weighted by Gasteiger charge is 2.74. The zero-order valence-electron chi connectivity index (χ0n) is 19.4. The standard InChI is InChI=1S/C23H39N3O5/c1-5-7-11-25-21(29)19-23-9-8-16(31-23)17(20(28)24-10-6-2)18(23)22(30)26(19)15(13-27)12-14(3)4/h14-19,27H,5-13H2,1-4H3,(H,24,28)(H,25,29)/t15-,16+,17-,18+,19?,23?/m1/s1. The first-order valence-electron chi connectivity index (χ1n) is 12.0. The normalized spacial score (nSPS) is 32.5. The summed E-state index contributed by atoms with van der Waals surface area (Å²) in [5, 5.41) is 16.1. The summed E-state index contributed by atoms with van der Waals surface area (Å²) in [6.45, 7) is 8.96. The Labute approximate surface area is 185 Å². The van der Waals surface area contributed by atoms with Crippen molar-refractivity contribution in [2.45, 2.75) is 90.0 Å². The minimum atomic E-state index is -0.989. The van der Waals surface area contributed by atoms with Gasteiger partial charge in [0.25, 0.3) is 0 Å². The molecule has 3 fully saturated rings. The molecule has 3 aliphatic rings. The Morgan fingerprint density at radius 3 is 2.52 bits per heavy atom. The quantitative estimate of drug-likeness (QED) is 0.421. The number of fused-ring (bicyclic) bond motifs is 1. The zero-order valence-corrected chi connectivity index (χ0v) is 19.4. The molecule has 3 aliphatic heterocycles. The van der Waals surface area contributed by atoms with E-state index in [4.69, 9.17) is 4.74 Å². The molecule has 0 aromatic heterocycles. The second kappa shape index (κ2) is 9.86. The van der Waals surface area contributed by atoms with Gasteiger partial charge in [0, 0.05) is 13.1 Å². The van der Waals surface area contributed by atoms with Crippen LogP contribution in [-0.2, 0) is 19.1 Å². The molecule has 0 saturated carbocycles. The van der Waals surface area contributed by atoms with Crippen molar-refractivity contribution in [3.05, 3.63) is 0 Å². The summed E-state index contributed by atoms with van der Waals surface area (Å²) >= 11 is 0. The predicted octanol–water partition coefficient (Wildman–Crippen LogP) is 1.21. The topological polar surface area (TPSA) is 108 Å². The maximum Gasteiger partial charge on any atom is 0.245 e. The van der Waals surface area contributed by atoms with Crippen LogP contribution in [0.25, 0.3) is 0 Å². The molecule has 0 aromatic carbocycles. The smallest absolute Gasteiger partial charge is 0.245 e. The van der Waals surface area contributed by atoms with Crippen LogP contribution in [0, 0.1) is 17.8 Å². The van der Waals surface area contributed by atoms with Crippen LogP contribution in [0.4, 0.5) is 0 Å². The van der Waals surface area contributed by atoms with E-state index in [9.17, 15) is 19.5 Å². The fraction of sp³-hybridized carbons (Fsp3) is 0.870. The molecule has 3 amide bonds. The monoisotopic (exact) mass is 437 g/mol. The predicted molar refractivity (Wildman–Crippen MR) is 116 cm³/mol. The van der Waals surface area contributed by atoms with Crippen LogP contribution < -0.4 is 10.6 Å². The van der Waals surface area contributed by atoms with Crippen LogP contribution in [0.3, 0.4) is 0 Å². The number of unbranched alkanes of at least 4 members (excludes halogenated alkanes) is 1. The van der Waals surface area contributed by atoms with Crippen LogP contribution >= 0.6 is 0 Å². The van der Waals surface area contributed by atoms with E-state index in [1.807, 2.05) is 20.8 Å². The third-order valence-electron chi connectivity index (χ3n) is 7.02. The first-order chi connectivity index (χ1) is 14.8. The number of likely N-dealkylation sites (tertiary alicyclic amines) is 1. The van der Waals surface area contributed by atoms with Crippen LogP contribution in [-0.4, -0.2) is 71.2 Å². The van der Waals surface area contributed by atoms with Gasteiger partial charge < -0.3 is 25.4 Å². The SMILES string of the molecule is CCCCNC(=O)C1N([C@@H](CO)CC(C)C)C(=O)[C@@H]2[C@H](C(=O)NCCC)[C@@H]3CCC12O3. The maximum absolute atomic E-state index is 13.8. The Bertz CT molecular complexity index is 684. The number of aliphatic hydroxyl groups is 1. The lowest BCUT2D eigenvalue weighted by Gasteiger charge is -2.37. The highest BCUT2D eigenvalue weighted by atomic mass is 16.5. The van der Waals surface area contributed by atoms with E-state index in [0.717, 1.165) is 19.3 Å². The molecular weight excluding hydrogens is 398 g/mol. The highest BCUT2D eigenvalue weighted by molar-refractivity contribution is 5.99. The van der Waals surface area contributed by atoms with Gasteiger partial charge in [0.2, 0.25) is 17.7 Å². The van der Waals surface area contributed by atoms with Gasteiger partial charge in [-0.15, -0.1) is 0 Å². The van der Waals surface area contributed by atoms with Crippen molar-refractivity contribution in [2.75, 3.05) is 19.7 Å². The summed E-state index contributed by atoms with van der Waals surface area (Å²) in [7, 11) is 0. The van der Waals surface area contributed by atoms with Gasteiger partial charge in [0.05, 0.1) is 30.6 Å². The van der Waals surface area contributed by atoms with Gasteiger partial charge in [-0.1, -0.05) is 34.1 Å². The molecule has 8 heteroatoms. The van der Waals surface area contributed by atoms with Gasteiger partial charge in [-0.3, -0.25) is 14.4 Å². The molecule has 0 aromatic rings. The number of hydrogen-bond donors (Lipinski definition) is 3. The first kappa shape index (κ1) is 24.0. The molecule has 3 saturated heterocycles. The summed E-state index contributed by atoms with van der Waals surface area (Å²) in [6.07, 6.45) is 4.10. The van der Waals surface area contributed by atoms with Gasteiger partial charge in [-0.25, -0.2) is 0 Å². The van der Waals surface area contributed by atoms with E-state index in [1.54, 1.807) is 4.90 Å². The summed E-state index contributed by atoms with van der Waals surface area (Å²) in [5.41, 5.74) is -0.989. The van der Waals surface area contributed by atoms with Crippen molar-refractivity contribution >= 4 is 17.7 Å². The number of carbonyl (C=O) groups is 3. The molecular formula is C23H39N3O5. The van der Waals surface area contributed by atoms with Gasteiger partial charge in [-0.2, -0.15) is 0 Å². The molecule has 0 radical (unpaired) electrons. The number of aliphatic hydroxyl groups excluding tert-OH is 1. The first-order valence-corrected chi connectivity index (χ1v) is 12.0. The average molecular weight is 438 g/mol. The van der Waals surface area contributed by atoms with Crippen molar-refractivity contribution in [3.8, 4) is 0 Å². The second-order valence-electron chi connectivity index (χ2n) is 9.70. The fourth-order valence-corrected chi connectivity index (χ4v) is 5.76. The van der Waals surface area contributed by atoms with E-state index in [1.165, 1.54) is 0 Å². The number of hydrogen-bond acceptors (Lipinski definition) is 5. The van der Waals surface area contributed by atoms with Crippen molar-refractivity contribution in [3.63, 3.8) is 0 Å². The van der Waals surface area contributed by atoms with E-state index < -0.39 is 29.5 Å². The van der Waals surface area contributed by atoms with Crippen LogP contribution in [0.5, 0.6) is 0 Å². The Kier molecular flexibility index (Phi) is 7.63. The van der Waals surface area contributed by atoms with Crippen LogP contribution in [0.2, 0.25) is 0 Å². The summed E-state index contributed by atoms with van der Waals surface area (Å²) < 4.78 is 6.37. The lowest BCUT2D eigenvalue weighted by molar-refractivity contribution is -0.146. The van der Waals surface area contributed by atoms with Crippen molar-refractivity contribution in [1.29, 1.82) is 0 Å². The number of nitrogens with zero attached hydrogens (tertiary/aromatic N) is 1. The Morgan fingerprint density at radius 2 is 1.90 bits per heavy atom. The van der Waals surface area contributed by atoms with Crippen molar-refractivity contribution < 1.29 is 24.2 Å². The third kappa shape index (κ3) is 4.21. The molecule has 2 unspecified atom stereocenters. The molecule has 31 heavy (non-hydrogen) atoms. The molecule has 0 aliphatic carbocycles. The molecule has 6 atom stereocenters. The van der Waals surface area contributed by atoms with Gasteiger partial charge in [0.1, 0.15) is 11.6 Å². The molecule has 176 valence electrons. The van der Waals surface area contributed by atoms with E-state index in [-0.39, 0.29) is 36.4 Å². The van der Waals surface area contributed by atoms with Gasteiger partial charge >= 0.3 is 0 Å². The van der Waals surface area contributed by atoms with Gasteiger partial charge in [0.15, 0.2) is 0 Å². The fourth-order valence-electron chi connectivity index (χ4n) is 5.76. The van der Waals surface area contributed by atoms with Gasteiger partial charge in [-0.05, 0) is 38.0 Å². The maximum atomic E-state index is 13.8. The molecule has 3 heterocycles. The molecule has 3 rings (SSSR count). The molecule has 8 nitrogen and oxygen atoms in total. The van der Waals surface area contributed by atoms with E-state index in [2.05, 4.69) is 17.6 Å². The van der Waals surface area contributed by atoms with Crippen LogP contribution in [0.1, 0.15) is 66.2 Å². The van der Waals surface area contributed by atoms with Crippen molar-refractivity contribution in [2.24, 2.45) is 17.8 Å². The summed E-state index contributed by atoms with van der Waals surface area (Å²) in [6, 6.07) is -1.29. The average Bonchev–Trinajstić information content (AvgIpc) is 3.37. The minimum Gasteiger partial charge on any atom is -0.394 e. The third-order valence-corrected chi connectivity index (χ3v) is 7.02. The number of ether oxygens (including phenoxy) is 1.